The zero-order valence-electron chi connectivity index (χ0n) is 14.3. The first-order valence-electron chi connectivity index (χ1n) is 8.83. The van der Waals surface area contributed by atoms with Gasteiger partial charge in [-0.2, -0.15) is 5.10 Å². The van der Waals surface area contributed by atoms with Gasteiger partial charge in [-0.15, -0.1) is 0 Å². The fraction of sp³-hybridized carbons (Fsp3) is 0.421. The Morgan fingerprint density at radius 1 is 1.24 bits per heavy atom. The van der Waals surface area contributed by atoms with Crippen molar-refractivity contribution in [3.63, 3.8) is 0 Å². The van der Waals surface area contributed by atoms with Crippen molar-refractivity contribution in [2.24, 2.45) is 5.92 Å². The number of nitrogens with zero attached hydrogens (tertiary/aromatic N) is 3. The van der Waals surface area contributed by atoms with Crippen LogP contribution in [-0.2, 0) is 11.3 Å². The number of hydrogen-bond donors (Lipinski definition) is 1. The molecule has 6 heteroatoms. The smallest absolute Gasteiger partial charge is 0.323 e. The molecule has 2 fully saturated rings. The molecule has 0 unspecified atom stereocenters. The van der Waals surface area contributed by atoms with Crippen molar-refractivity contribution in [3.05, 3.63) is 48.3 Å². The minimum Gasteiger partial charge on any atom is -0.323 e. The predicted molar refractivity (Wildman–Crippen MR) is 93.0 cm³/mol. The fourth-order valence-electron chi connectivity index (χ4n) is 4.00. The maximum Gasteiger partial charge on any atom is 0.325 e. The standard InChI is InChI=1S/C19H22N4O2/c1-14-5-2-3-10-19(14)17(24)22(18(25)21-19)13-15-6-8-16(9-7-15)23-12-4-11-20-23/h4,6-9,11-12,14H,2-3,5,10,13H2,1H3,(H,21,25)/t14-,19-/m0/s1. The van der Waals surface area contributed by atoms with Crippen molar-refractivity contribution in [3.8, 4) is 5.69 Å². The number of benzene rings is 1. The average Bonchev–Trinajstić information content (AvgIpc) is 3.22. The third-order valence-corrected chi connectivity index (χ3v) is 5.55. The largest absolute Gasteiger partial charge is 0.325 e. The maximum absolute atomic E-state index is 13.0. The highest BCUT2D eigenvalue weighted by Crippen LogP contribution is 2.38. The van der Waals surface area contributed by atoms with Gasteiger partial charge in [0, 0.05) is 12.4 Å². The van der Waals surface area contributed by atoms with Crippen LogP contribution in [0.4, 0.5) is 4.79 Å². The van der Waals surface area contributed by atoms with E-state index in [1.165, 1.54) is 4.90 Å². The zero-order chi connectivity index (χ0) is 17.4. The van der Waals surface area contributed by atoms with Crippen LogP contribution < -0.4 is 5.32 Å². The quantitative estimate of drug-likeness (QED) is 0.875. The van der Waals surface area contributed by atoms with Crippen molar-refractivity contribution in [1.82, 2.24) is 20.0 Å². The van der Waals surface area contributed by atoms with Crippen molar-refractivity contribution < 1.29 is 9.59 Å². The van der Waals surface area contributed by atoms with Gasteiger partial charge in [0.05, 0.1) is 12.2 Å². The summed E-state index contributed by atoms with van der Waals surface area (Å²) in [5.74, 6) is 0.116. The lowest BCUT2D eigenvalue weighted by molar-refractivity contribution is -0.134. The molecule has 3 amide bonds. The van der Waals surface area contributed by atoms with Crippen LogP contribution in [0.15, 0.2) is 42.7 Å². The maximum atomic E-state index is 13.0. The van der Waals surface area contributed by atoms with Crippen LogP contribution in [0.3, 0.4) is 0 Å². The summed E-state index contributed by atoms with van der Waals surface area (Å²) in [6.07, 6.45) is 7.45. The summed E-state index contributed by atoms with van der Waals surface area (Å²) in [6, 6.07) is 9.36. The van der Waals surface area contributed by atoms with E-state index in [4.69, 9.17) is 0 Å². The van der Waals surface area contributed by atoms with Gasteiger partial charge in [0.2, 0.25) is 0 Å². The molecule has 1 spiro atoms. The number of imide groups is 1. The fourth-order valence-corrected chi connectivity index (χ4v) is 4.00. The predicted octanol–water partition coefficient (Wildman–Crippen LogP) is 2.87. The molecule has 1 saturated heterocycles. The number of rotatable bonds is 3. The van der Waals surface area contributed by atoms with Gasteiger partial charge in [-0.05, 0) is 42.5 Å². The molecule has 1 aromatic heterocycles. The Balaban J connectivity index is 1.52. The van der Waals surface area contributed by atoms with Crippen LogP contribution in [0, 0.1) is 5.92 Å². The Bertz CT molecular complexity index is 784. The van der Waals surface area contributed by atoms with E-state index in [0.29, 0.717) is 6.54 Å². The van der Waals surface area contributed by atoms with Gasteiger partial charge in [-0.1, -0.05) is 31.9 Å². The normalized spacial score (nSPS) is 26.3. The summed E-state index contributed by atoms with van der Waals surface area (Å²) in [5, 5.41) is 7.19. The first-order valence-corrected chi connectivity index (χ1v) is 8.83. The minimum absolute atomic E-state index is 0.0687. The van der Waals surface area contributed by atoms with Gasteiger partial charge in [0.25, 0.3) is 5.91 Å². The van der Waals surface area contributed by atoms with Crippen LogP contribution >= 0.6 is 0 Å². The van der Waals surface area contributed by atoms with E-state index < -0.39 is 5.54 Å². The van der Waals surface area contributed by atoms with Gasteiger partial charge in [0.1, 0.15) is 5.54 Å². The van der Waals surface area contributed by atoms with Crippen molar-refractivity contribution in [2.75, 3.05) is 0 Å². The summed E-state index contributed by atoms with van der Waals surface area (Å²) in [7, 11) is 0. The van der Waals surface area contributed by atoms with E-state index in [9.17, 15) is 9.59 Å². The summed E-state index contributed by atoms with van der Waals surface area (Å²) >= 11 is 0. The van der Waals surface area contributed by atoms with Crippen molar-refractivity contribution in [1.29, 1.82) is 0 Å². The second-order valence-corrected chi connectivity index (χ2v) is 7.06. The van der Waals surface area contributed by atoms with Gasteiger partial charge >= 0.3 is 6.03 Å². The Labute approximate surface area is 146 Å². The Morgan fingerprint density at radius 3 is 2.72 bits per heavy atom. The highest BCUT2D eigenvalue weighted by atomic mass is 16.2. The number of hydrogen-bond acceptors (Lipinski definition) is 3. The molecule has 2 heterocycles. The van der Waals surface area contributed by atoms with E-state index >= 15 is 0 Å². The second-order valence-electron chi connectivity index (χ2n) is 7.06. The topological polar surface area (TPSA) is 67.2 Å². The lowest BCUT2D eigenvalue weighted by atomic mass is 9.73. The Morgan fingerprint density at radius 2 is 2.04 bits per heavy atom. The van der Waals surface area contributed by atoms with Crippen molar-refractivity contribution in [2.45, 2.75) is 44.7 Å². The molecule has 1 saturated carbocycles. The molecule has 2 aliphatic rings. The average molecular weight is 338 g/mol. The van der Waals surface area contributed by atoms with E-state index in [1.54, 1.807) is 10.9 Å². The molecule has 1 aliphatic carbocycles. The van der Waals surface area contributed by atoms with E-state index in [-0.39, 0.29) is 17.9 Å². The first-order chi connectivity index (χ1) is 12.1. The summed E-state index contributed by atoms with van der Waals surface area (Å²) in [6.45, 7) is 2.37. The number of aromatic nitrogens is 2. The monoisotopic (exact) mass is 338 g/mol. The van der Waals surface area contributed by atoms with E-state index in [0.717, 1.165) is 36.9 Å². The van der Waals surface area contributed by atoms with Gasteiger partial charge < -0.3 is 5.32 Å². The molecule has 130 valence electrons. The zero-order valence-corrected chi connectivity index (χ0v) is 14.3. The Kier molecular flexibility index (Phi) is 3.82. The molecule has 0 radical (unpaired) electrons. The number of amides is 3. The molecule has 1 aliphatic heterocycles. The van der Waals surface area contributed by atoms with Gasteiger partial charge in [-0.25, -0.2) is 9.48 Å². The first kappa shape index (κ1) is 15.9. The molecule has 1 N–H and O–H groups in total. The number of carbonyl (C=O) groups excluding carboxylic acids is 2. The molecular formula is C19H22N4O2. The lowest BCUT2D eigenvalue weighted by Gasteiger charge is -2.36. The van der Waals surface area contributed by atoms with Gasteiger partial charge in [0.15, 0.2) is 0 Å². The number of urea groups is 1. The van der Waals surface area contributed by atoms with Gasteiger partial charge in [-0.3, -0.25) is 9.69 Å². The van der Waals surface area contributed by atoms with Crippen LogP contribution in [-0.4, -0.2) is 32.2 Å². The van der Waals surface area contributed by atoms with Crippen molar-refractivity contribution >= 4 is 11.9 Å². The third kappa shape index (κ3) is 2.62. The van der Waals surface area contributed by atoms with E-state index in [1.807, 2.05) is 36.5 Å². The molecule has 2 atom stereocenters. The number of nitrogens with one attached hydrogen (secondary N) is 1. The third-order valence-electron chi connectivity index (χ3n) is 5.55. The lowest BCUT2D eigenvalue weighted by Crippen LogP contribution is -2.53. The molecule has 1 aromatic carbocycles. The number of carbonyl (C=O) groups is 2. The highest BCUT2D eigenvalue weighted by Gasteiger charge is 2.54. The molecule has 25 heavy (non-hydrogen) atoms. The van der Waals surface area contributed by atoms with Crippen LogP contribution in [0.25, 0.3) is 5.69 Å². The second kappa shape index (κ2) is 6.02. The molecule has 6 nitrogen and oxygen atoms in total. The minimum atomic E-state index is -0.690. The SMILES string of the molecule is C[C@H]1CCCC[C@]12NC(=O)N(Cc1ccc(-n3cccn3)cc1)C2=O. The summed E-state index contributed by atoms with van der Waals surface area (Å²) in [5.41, 5.74) is 1.19. The molecule has 2 aromatic rings. The van der Waals surface area contributed by atoms with E-state index in [2.05, 4.69) is 17.3 Å². The molecule has 4 rings (SSSR count). The molecule has 0 bridgehead atoms. The molecular weight excluding hydrogens is 316 g/mol. The van der Waals surface area contributed by atoms with Crippen LogP contribution in [0.5, 0.6) is 0 Å². The van der Waals surface area contributed by atoms with Crippen LogP contribution in [0.2, 0.25) is 0 Å². The van der Waals surface area contributed by atoms with Crippen LogP contribution in [0.1, 0.15) is 38.2 Å². The highest BCUT2D eigenvalue weighted by molar-refractivity contribution is 6.07. The summed E-state index contributed by atoms with van der Waals surface area (Å²) in [4.78, 5) is 26.8. The summed E-state index contributed by atoms with van der Waals surface area (Å²) < 4.78 is 1.77. The Hall–Kier alpha value is -2.63.